The van der Waals surface area contributed by atoms with Crippen LogP contribution in [0.4, 0.5) is 25.8 Å². The smallest absolute Gasteiger partial charge is 0.282 e. The van der Waals surface area contributed by atoms with Crippen LogP contribution in [0.3, 0.4) is 0 Å². The Balaban J connectivity index is 1.51. The van der Waals surface area contributed by atoms with Crippen LogP contribution >= 0.6 is 0 Å². The standard InChI is InChI=1S/C26H21F2N3O2/c27-21-13-8-18(16-22(21)28)29-24-23(17-6-2-1-3-7-17)25(32)31(26(24)33)20-11-9-19(10-12-20)30-14-4-5-15-30/h1-3,6-13,16,29H,4-5,14-15H2. The lowest BCUT2D eigenvalue weighted by molar-refractivity contribution is -0.120. The molecule has 2 heterocycles. The summed E-state index contributed by atoms with van der Waals surface area (Å²) in [5.41, 5.74) is 2.41. The number of carbonyl (C=O) groups is 2. The molecule has 0 radical (unpaired) electrons. The zero-order chi connectivity index (χ0) is 22.9. The molecule has 3 aromatic rings. The van der Waals surface area contributed by atoms with Gasteiger partial charge in [0.1, 0.15) is 5.70 Å². The molecule has 3 aromatic carbocycles. The third kappa shape index (κ3) is 3.86. The van der Waals surface area contributed by atoms with Gasteiger partial charge in [-0.1, -0.05) is 30.3 Å². The van der Waals surface area contributed by atoms with Crippen LogP contribution in [0.1, 0.15) is 18.4 Å². The Morgan fingerprint density at radius 3 is 2.06 bits per heavy atom. The first kappa shape index (κ1) is 20.9. The van der Waals surface area contributed by atoms with Crippen molar-refractivity contribution >= 4 is 34.4 Å². The Kier molecular flexibility index (Phi) is 5.38. The van der Waals surface area contributed by atoms with Crippen LogP contribution in [0.25, 0.3) is 5.57 Å². The second-order valence-electron chi connectivity index (χ2n) is 8.03. The number of carbonyl (C=O) groups excluding carboxylic acids is 2. The molecule has 0 aromatic heterocycles. The van der Waals surface area contributed by atoms with E-state index in [0.29, 0.717) is 11.3 Å². The fourth-order valence-corrected chi connectivity index (χ4v) is 4.26. The number of hydrogen-bond acceptors (Lipinski definition) is 4. The summed E-state index contributed by atoms with van der Waals surface area (Å²) in [7, 11) is 0. The van der Waals surface area contributed by atoms with Gasteiger partial charge in [0.25, 0.3) is 11.8 Å². The first-order valence-corrected chi connectivity index (χ1v) is 10.8. The number of rotatable bonds is 5. The van der Waals surface area contributed by atoms with Crippen molar-refractivity contribution in [3.8, 4) is 0 Å². The molecule has 0 spiro atoms. The van der Waals surface area contributed by atoms with Crippen molar-refractivity contribution in [1.29, 1.82) is 0 Å². The summed E-state index contributed by atoms with van der Waals surface area (Å²) in [5, 5.41) is 2.85. The van der Waals surface area contributed by atoms with E-state index in [9.17, 15) is 18.4 Å². The molecule has 5 nitrogen and oxygen atoms in total. The van der Waals surface area contributed by atoms with Gasteiger partial charge in [0.15, 0.2) is 11.6 Å². The fraction of sp³-hybridized carbons (Fsp3) is 0.154. The van der Waals surface area contributed by atoms with Crippen LogP contribution < -0.4 is 15.1 Å². The minimum absolute atomic E-state index is 0.0147. The molecule has 5 rings (SSSR count). The second kappa shape index (κ2) is 8.50. The second-order valence-corrected chi connectivity index (χ2v) is 8.03. The van der Waals surface area contributed by atoms with Crippen LogP contribution in [0.5, 0.6) is 0 Å². The molecular weight excluding hydrogens is 424 g/mol. The number of amides is 2. The van der Waals surface area contributed by atoms with Gasteiger partial charge >= 0.3 is 0 Å². The molecule has 33 heavy (non-hydrogen) atoms. The van der Waals surface area contributed by atoms with E-state index >= 15 is 0 Å². The molecule has 166 valence electrons. The van der Waals surface area contributed by atoms with Crippen molar-refractivity contribution in [2.45, 2.75) is 12.8 Å². The lowest BCUT2D eigenvalue weighted by Crippen LogP contribution is -2.32. The van der Waals surface area contributed by atoms with Crippen LogP contribution in [0.15, 0.2) is 78.5 Å². The minimum atomic E-state index is -1.05. The molecule has 2 amide bonds. The maximum absolute atomic E-state index is 13.8. The van der Waals surface area contributed by atoms with E-state index in [1.54, 1.807) is 36.4 Å². The van der Waals surface area contributed by atoms with E-state index < -0.39 is 23.4 Å². The van der Waals surface area contributed by atoms with Crippen LogP contribution in [0, 0.1) is 11.6 Å². The number of halogens is 2. The summed E-state index contributed by atoms with van der Waals surface area (Å²) in [6.07, 6.45) is 2.29. The van der Waals surface area contributed by atoms with Gasteiger partial charge in [0.05, 0.1) is 11.3 Å². The van der Waals surface area contributed by atoms with Crippen LogP contribution in [-0.4, -0.2) is 24.9 Å². The highest BCUT2D eigenvalue weighted by Crippen LogP contribution is 2.35. The van der Waals surface area contributed by atoms with Gasteiger partial charge in [0.2, 0.25) is 0 Å². The summed E-state index contributed by atoms with van der Waals surface area (Å²) >= 11 is 0. The van der Waals surface area contributed by atoms with Crippen molar-refractivity contribution in [3.05, 3.63) is 95.7 Å². The molecule has 2 aliphatic heterocycles. The summed E-state index contributed by atoms with van der Waals surface area (Å²) < 4.78 is 27.1. The number of imide groups is 1. The maximum Gasteiger partial charge on any atom is 0.282 e. The highest BCUT2D eigenvalue weighted by Gasteiger charge is 2.40. The van der Waals surface area contributed by atoms with Crippen LogP contribution in [0.2, 0.25) is 0 Å². The van der Waals surface area contributed by atoms with Gasteiger partial charge in [0, 0.05) is 30.5 Å². The molecule has 1 N–H and O–H groups in total. The lowest BCUT2D eigenvalue weighted by atomic mass is 10.0. The molecule has 1 saturated heterocycles. The molecule has 7 heteroatoms. The third-order valence-electron chi connectivity index (χ3n) is 5.91. The summed E-state index contributed by atoms with van der Waals surface area (Å²) in [6.45, 7) is 1.98. The zero-order valence-electron chi connectivity index (χ0n) is 17.7. The SMILES string of the molecule is O=C1C(Nc2ccc(F)c(F)c2)=C(c2ccccc2)C(=O)N1c1ccc(N2CCCC2)cc1. The van der Waals surface area contributed by atoms with Gasteiger partial charge in [-0.15, -0.1) is 0 Å². The third-order valence-corrected chi connectivity index (χ3v) is 5.91. The van der Waals surface area contributed by atoms with Gasteiger partial charge in [-0.3, -0.25) is 9.59 Å². The Morgan fingerprint density at radius 1 is 0.727 bits per heavy atom. The molecule has 0 unspecified atom stereocenters. The number of nitrogens with one attached hydrogen (secondary N) is 1. The van der Waals surface area contributed by atoms with Gasteiger partial charge in [-0.05, 0) is 54.8 Å². The van der Waals surface area contributed by atoms with E-state index in [1.807, 2.05) is 18.2 Å². The summed E-state index contributed by atoms with van der Waals surface area (Å²) in [4.78, 5) is 30.2. The maximum atomic E-state index is 13.8. The molecule has 1 fully saturated rings. The van der Waals surface area contributed by atoms with E-state index in [1.165, 1.54) is 6.07 Å². The zero-order valence-corrected chi connectivity index (χ0v) is 17.7. The van der Waals surface area contributed by atoms with E-state index in [4.69, 9.17) is 0 Å². The quantitative estimate of drug-likeness (QED) is 0.564. The molecule has 0 aliphatic carbocycles. The topological polar surface area (TPSA) is 52.7 Å². The Bertz CT molecular complexity index is 1250. The summed E-state index contributed by atoms with van der Waals surface area (Å²) in [5.74, 6) is -3.08. The van der Waals surface area contributed by atoms with Crippen molar-refractivity contribution in [2.75, 3.05) is 28.2 Å². The average Bonchev–Trinajstić information content (AvgIpc) is 3.44. The Morgan fingerprint density at radius 2 is 1.39 bits per heavy atom. The molecule has 0 saturated carbocycles. The monoisotopic (exact) mass is 445 g/mol. The first-order valence-electron chi connectivity index (χ1n) is 10.8. The lowest BCUT2D eigenvalue weighted by Gasteiger charge is -2.20. The van der Waals surface area contributed by atoms with E-state index in [0.717, 1.165) is 48.7 Å². The number of anilines is 3. The average molecular weight is 445 g/mol. The summed E-state index contributed by atoms with van der Waals surface area (Å²) in [6, 6.07) is 19.4. The molecule has 2 aliphatic rings. The van der Waals surface area contributed by atoms with Crippen molar-refractivity contribution < 1.29 is 18.4 Å². The number of benzene rings is 3. The first-order chi connectivity index (χ1) is 16.0. The fourth-order valence-electron chi connectivity index (χ4n) is 4.26. The predicted octanol–water partition coefficient (Wildman–Crippen LogP) is 4.96. The Hall–Kier alpha value is -4.00. The van der Waals surface area contributed by atoms with Crippen molar-refractivity contribution in [3.63, 3.8) is 0 Å². The highest BCUT2D eigenvalue weighted by molar-refractivity contribution is 6.46. The van der Waals surface area contributed by atoms with Gasteiger partial charge in [-0.25, -0.2) is 13.7 Å². The number of nitrogens with zero attached hydrogens (tertiary/aromatic N) is 2. The molecule has 0 bridgehead atoms. The molecular formula is C26H21F2N3O2. The van der Waals surface area contributed by atoms with Crippen LogP contribution in [-0.2, 0) is 9.59 Å². The predicted molar refractivity (Wildman–Crippen MR) is 124 cm³/mol. The van der Waals surface area contributed by atoms with Crippen molar-refractivity contribution in [2.24, 2.45) is 0 Å². The molecule has 0 atom stereocenters. The Labute approximate surface area is 189 Å². The highest BCUT2D eigenvalue weighted by atomic mass is 19.2. The minimum Gasteiger partial charge on any atom is -0.372 e. The normalized spacial score (nSPS) is 16.2. The van der Waals surface area contributed by atoms with E-state index in [-0.39, 0.29) is 17.0 Å². The van der Waals surface area contributed by atoms with Crippen molar-refractivity contribution in [1.82, 2.24) is 0 Å². The number of hydrogen-bond donors (Lipinski definition) is 1. The largest absolute Gasteiger partial charge is 0.372 e. The van der Waals surface area contributed by atoms with Gasteiger partial charge in [-0.2, -0.15) is 0 Å². The van der Waals surface area contributed by atoms with E-state index in [2.05, 4.69) is 10.2 Å². The van der Waals surface area contributed by atoms with Gasteiger partial charge < -0.3 is 10.2 Å².